The molecule has 0 bridgehead atoms. The number of amides is 2. The second-order valence-electron chi connectivity index (χ2n) is 5.69. The quantitative estimate of drug-likeness (QED) is 0.735. The molecule has 0 radical (unpaired) electrons. The van der Waals surface area contributed by atoms with Crippen LogP contribution in [0.15, 0.2) is 0 Å². The van der Waals surface area contributed by atoms with E-state index in [1.807, 2.05) is 0 Å². The molecule has 0 saturated heterocycles. The van der Waals surface area contributed by atoms with Gasteiger partial charge in [0.05, 0.1) is 6.10 Å². The van der Waals surface area contributed by atoms with E-state index in [1.165, 1.54) is 6.92 Å². The van der Waals surface area contributed by atoms with Crippen LogP contribution < -0.4 is 10.6 Å². The fourth-order valence-corrected chi connectivity index (χ4v) is 1.23. The Morgan fingerprint density at radius 3 is 2.10 bits per heavy atom. The van der Waals surface area contributed by atoms with Crippen LogP contribution in [0.5, 0.6) is 0 Å². The minimum absolute atomic E-state index is 0.246. The van der Waals surface area contributed by atoms with E-state index in [2.05, 4.69) is 10.6 Å². The fourth-order valence-electron chi connectivity index (χ4n) is 1.23. The Kier molecular flexibility index (Phi) is 7.02. The van der Waals surface area contributed by atoms with Crippen molar-refractivity contribution in [1.29, 1.82) is 0 Å². The van der Waals surface area contributed by atoms with Crippen LogP contribution in [0.3, 0.4) is 0 Å². The topological polar surface area (TPSA) is 93.7 Å². The zero-order chi connectivity index (χ0) is 15.9. The maximum atomic E-state index is 12.0. The molecule has 2 amide bonds. The summed E-state index contributed by atoms with van der Waals surface area (Å²) in [4.78, 5) is 34.4. The molecule has 0 aromatic carbocycles. The van der Waals surface area contributed by atoms with Crippen LogP contribution in [-0.4, -0.2) is 42.3 Å². The molecule has 116 valence electrons. The lowest BCUT2D eigenvalue weighted by Crippen LogP contribution is -2.54. The highest BCUT2D eigenvalue weighted by atomic mass is 16.6. The SMILES string of the molecule is CC(=O)OC[C@H](NC(=O)OC(C)C)C(=O)NC(C)(C)C. The molecule has 0 fully saturated rings. The normalized spacial score (nSPS) is 12.6. The minimum atomic E-state index is -0.996. The molecule has 20 heavy (non-hydrogen) atoms. The third-order valence-electron chi connectivity index (χ3n) is 1.90. The maximum Gasteiger partial charge on any atom is 0.408 e. The Morgan fingerprint density at radius 1 is 1.15 bits per heavy atom. The summed E-state index contributed by atoms with van der Waals surface area (Å²) in [6.45, 7) is 9.78. The molecular formula is C13H24N2O5. The van der Waals surface area contributed by atoms with Gasteiger partial charge in [-0.1, -0.05) is 0 Å². The van der Waals surface area contributed by atoms with Gasteiger partial charge < -0.3 is 20.1 Å². The lowest BCUT2D eigenvalue weighted by molar-refractivity contribution is -0.143. The summed E-state index contributed by atoms with van der Waals surface area (Å²) in [6, 6.07) is -0.996. The fraction of sp³-hybridized carbons (Fsp3) is 0.769. The van der Waals surface area contributed by atoms with Crippen LogP contribution in [0.2, 0.25) is 0 Å². The van der Waals surface area contributed by atoms with E-state index in [0.717, 1.165) is 0 Å². The predicted molar refractivity (Wildman–Crippen MR) is 73.1 cm³/mol. The number of rotatable bonds is 5. The third-order valence-corrected chi connectivity index (χ3v) is 1.90. The van der Waals surface area contributed by atoms with E-state index in [0.29, 0.717) is 0 Å². The average molecular weight is 288 g/mol. The number of ether oxygens (including phenoxy) is 2. The molecule has 2 N–H and O–H groups in total. The van der Waals surface area contributed by atoms with E-state index >= 15 is 0 Å². The number of nitrogens with one attached hydrogen (secondary N) is 2. The largest absolute Gasteiger partial charge is 0.463 e. The van der Waals surface area contributed by atoms with Gasteiger partial charge in [0.1, 0.15) is 12.6 Å². The van der Waals surface area contributed by atoms with Crippen molar-refractivity contribution in [1.82, 2.24) is 10.6 Å². The van der Waals surface area contributed by atoms with Crippen LogP contribution in [0, 0.1) is 0 Å². The van der Waals surface area contributed by atoms with E-state index in [1.54, 1.807) is 34.6 Å². The van der Waals surface area contributed by atoms with Gasteiger partial charge >= 0.3 is 12.1 Å². The highest BCUT2D eigenvalue weighted by molar-refractivity contribution is 5.86. The number of hydrogen-bond acceptors (Lipinski definition) is 5. The van der Waals surface area contributed by atoms with Gasteiger partial charge in [-0.2, -0.15) is 0 Å². The second kappa shape index (κ2) is 7.72. The molecule has 0 spiro atoms. The Hall–Kier alpha value is -1.79. The van der Waals surface area contributed by atoms with Crippen LogP contribution in [0.25, 0.3) is 0 Å². The van der Waals surface area contributed by atoms with Crippen molar-refractivity contribution in [2.75, 3.05) is 6.61 Å². The summed E-state index contributed by atoms with van der Waals surface area (Å²) in [5, 5.41) is 5.08. The minimum Gasteiger partial charge on any atom is -0.463 e. The van der Waals surface area contributed by atoms with Gasteiger partial charge in [0, 0.05) is 12.5 Å². The molecule has 0 rings (SSSR count). The van der Waals surface area contributed by atoms with Gasteiger partial charge in [0.25, 0.3) is 0 Å². The third kappa shape index (κ3) is 9.18. The van der Waals surface area contributed by atoms with Crippen molar-refractivity contribution < 1.29 is 23.9 Å². The first-order chi connectivity index (χ1) is 9.01. The Labute approximate surface area is 119 Å². The molecular weight excluding hydrogens is 264 g/mol. The highest BCUT2D eigenvalue weighted by Crippen LogP contribution is 2.01. The summed E-state index contributed by atoms with van der Waals surface area (Å²) >= 11 is 0. The van der Waals surface area contributed by atoms with Crippen molar-refractivity contribution in [3.8, 4) is 0 Å². The van der Waals surface area contributed by atoms with Crippen molar-refractivity contribution in [2.24, 2.45) is 0 Å². The van der Waals surface area contributed by atoms with E-state index < -0.39 is 29.6 Å². The predicted octanol–water partition coefficient (Wildman–Crippen LogP) is 0.967. The first kappa shape index (κ1) is 18.2. The molecule has 0 aliphatic heterocycles. The van der Waals surface area contributed by atoms with E-state index in [-0.39, 0.29) is 12.7 Å². The van der Waals surface area contributed by atoms with E-state index in [9.17, 15) is 14.4 Å². The summed E-state index contributed by atoms with van der Waals surface area (Å²) < 4.78 is 9.67. The molecule has 7 nitrogen and oxygen atoms in total. The van der Waals surface area contributed by atoms with Crippen LogP contribution >= 0.6 is 0 Å². The van der Waals surface area contributed by atoms with Crippen molar-refractivity contribution in [2.45, 2.75) is 59.2 Å². The zero-order valence-corrected chi connectivity index (χ0v) is 12.9. The zero-order valence-electron chi connectivity index (χ0n) is 12.9. The molecule has 0 unspecified atom stereocenters. The number of alkyl carbamates (subject to hydrolysis) is 1. The molecule has 0 aliphatic carbocycles. The van der Waals surface area contributed by atoms with Gasteiger partial charge in [0.2, 0.25) is 5.91 Å². The summed E-state index contributed by atoms with van der Waals surface area (Å²) in [5.74, 6) is -0.975. The van der Waals surface area contributed by atoms with Crippen LogP contribution in [0.1, 0.15) is 41.5 Å². The summed E-state index contributed by atoms with van der Waals surface area (Å²) in [6.07, 6.45) is -1.05. The molecule has 0 heterocycles. The van der Waals surface area contributed by atoms with Crippen LogP contribution in [-0.2, 0) is 19.1 Å². The lowest BCUT2D eigenvalue weighted by Gasteiger charge is -2.25. The Balaban J connectivity index is 4.67. The van der Waals surface area contributed by atoms with Crippen molar-refractivity contribution in [3.05, 3.63) is 0 Å². The first-order valence-electron chi connectivity index (χ1n) is 6.44. The Bertz CT molecular complexity index is 360. The van der Waals surface area contributed by atoms with Gasteiger partial charge in [-0.15, -0.1) is 0 Å². The molecule has 0 aromatic rings. The number of carbonyl (C=O) groups excluding carboxylic acids is 3. The van der Waals surface area contributed by atoms with Gasteiger partial charge in [-0.3, -0.25) is 9.59 Å². The summed E-state index contributed by atoms with van der Waals surface area (Å²) in [7, 11) is 0. The second-order valence-corrected chi connectivity index (χ2v) is 5.69. The summed E-state index contributed by atoms with van der Waals surface area (Å²) in [5.41, 5.74) is -0.463. The number of esters is 1. The monoisotopic (exact) mass is 288 g/mol. The van der Waals surface area contributed by atoms with E-state index in [4.69, 9.17) is 9.47 Å². The van der Waals surface area contributed by atoms with Gasteiger partial charge in [-0.05, 0) is 34.6 Å². The molecule has 1 atom stereocenters. The lowest BCUT2D eigenvalue weighted by atomic mass is 10.1. The van der Waals surface area contributed by atoms with Gasteiger partial charge in [0.15, 0.2) is 0 Å². The molecule has 0 aliphatic rings. The smallest absolute Gasteiger partial charge is 0.408 e. The number of hydrogen-bond donors (Lipinski definition) is 2. The molecule has 0 saturated carbocycles. The van der Waals surface area contributed by atoms with Crippen molar-refractivity contribution in [3.63, 3.8) is 0 Å². The molecule has 0 aromatic heterocycles. The molecule has 7 heteroatoms. The standard InChI is InChI=1S/C13H24N2O5/c1-8(2)20-12(18)14-10(7-19-9(3)16)11(17)15-13(4,5)6/h8,10H,7H2,1-6H3,(H,14,18)(H,15,17)/t10-/m0/s1. The van der Waals surface area contributed by atoms with Crippen molar-refractivity contribution >= 4 is 18.0 Å². The Morgan fingerprint density at radius 2 is 1.70 bits per heavy atom. The van der Waals surface area contributed by atoms with Crippen LogP contribution in [0.4, 0.5) is 4.79 Å². The van der Waals surface area contributed by atoms with Gasteiger partial charge in [-0.25, -0.2) is 4.79 Å². The average Bonchev–Trinajstić information content (AvgIpc) is 2.19. The number of carbonyl (C=O) groups is 3. The maximum absolute atomic E-state index is 12.0. The highest BCUT2D eigenvalue weighted by Gasteiger charge is 2.26. The first-order valence-corrected chi connectivity index (χ1v) is 6.44.